The van der Waals surface area contributed by atoms with E-state index in [1.165, 1.54) is 10.4 Å². The van der Waals surface area contributed by atoms with Gasteiger partial charge in [0.2, 0.25) is 5.91 Å². The number of fused-ring (bicyclic) bond motifs is 1. The van der Waals surface area contributed by atoms with Crippen molar-refractivity contribution in [3.05, 3.63) is 64.3 Å². The number of aromatic nitrogens is 1. The van der Waals surface area contributed by atoms with E-state index in [0.29, 0.717) is 18.7 Å². The first-order valence-electron chi connectivity index (χ1n) is 8.63. The van der Waals surface area contributed by atoms with E-state index in [9.17, 15) is 4.79 Å². The summed E-state index contributed by atoms with van der Waals surface area (Å²) in [4.78, 5) is 20.2. The van der Waals surface area contributed by atoms with Crippen molar-refractivity contribution >= 4 is 17.2 Å². The van der Waals surface area contributed by atoms with Gasteiger partial charge in [0.05, 0.1) is 6.20 Å². The monoisotopic (exact) mass is 352 g/mol. The quantitative estimate of drug-likeness (QED) is 0.687. The molecule has 0 N–H and O–H groups in total. The van der Waals surface area contributed by atoms with Crippen LogP contribution in [0.4, 0.5) is 0 Å². The average Bonchev–Trinajstić information content (AvgIpc) is 3.31. The molecule has 128 valence electrons. The largest absolute Gasteiger partial charge is 0.441 e. The number of rotatable bonds is 5. The van der Waals surface area contributed by atoms with Crippen LogP contribution in [-0.2, 0) is 24.2 Å². The maximum Gasteiger partial charge on any atom is 0.222 e. The van der Waals surface area contributed by atoms with Crippen LogP contribution in [0, 0.1) is 0 Å². The Balaban J connectivity index is 1.28. The second kappa shape index (κ2) is 7.23. The van der Waals surface area contributed by atoms with Gasteiger partial charge in [-0.2, -0.15) is 0 Å². The molecule has 0 radical (unpaired) electrons. The molecule has 0 fully saturated rings. The molecule has 0 bridgehead atoms. The number of hydrogen-bond donors (Lipinski definition) is 0. The molecule has 3 aromatic rings. The zero-order chi connectivity index (χ0) is 17.1. The molecule has 1 aliphatic heterocycles. The fourth-order valence-electron chi connectivity index (χ4n) is 3.17. The zero-order valence-electron chi connectivity index (χ0n) is 14.0. The zero-order valence-corrected chi connectivity index (χ0v) is 14.8. The van der Waals surface area contributed by atoms with Gasteiger partial charge in [0, 0.05) is 36.4 Å². The van der Waals surface area contributed by atoms with E-state index in [1.807, 2.05) is 35.2 Å². The summed E-state index contributed by atoms with van der Waals surface area (Å²) in [6.45, 7) is 1.60. The van der Waals surface area contributed by atoms with Crippen LogP contribution in [0.2, 0.25) is 0 Å². The molecule has 25 heavy (non-hydrogen) atoms. The Kier molecular flexibility index (Phi) is 4.65. The number of nitrogens with zero attached hydrogens (tertiary/aromatic N) is 2. The van der Waals surface area contributed by atoms with Gasteiger partial charge < -0.3 is 9.32 Å². The van der Waals surface area contributed by atoms with Crippen LogP contribution in [0.15, 0.2) is 52.4 Å². The van der Waals surface area contributed by atoms with Crippen molar-refractivity contribution in [1.82, 2.24) is 9.88 Å². The first kappa shape index (κ1) is 16.1. The molecule has 0 spiro atoms. The summed E-state index contributed by atoms with van der Waals surface area (Å²) in [5, 5.41) is 2.12. The van der Waals surface area contributed by atoms with Gasteiger partial charge in [-0.3, -0.25) is 4.79 Å². The molecular formula is C20H20N2O2S. The van der Waals surface area contributed by atoms with Crippen molar-refractivity contribution in [3.8, 4) is 11.3 Å². The van der Waals surface area contributed by atoms with Crippen molar-refractivity contribution in [3.63, 3.8) is 0 Å². The summed E-state index contributed by atoms with van der Waals surface area (Å²) in [5.41, 5.74) is 2.34. The molecule has 0 saturated carbocycles. The van der Waals surface area contributed by atoms with E-state index in [0.717, 1.165) is 37.3 Å². The molecule has 5 heteroatoms. The Morgan fingerprint density at radius 1 is 1.24 bits per heavy atom. The fourth-order valence-corrected chi connectivity index (χ4v) is 4.06. The molecule has 4 rings (SSSR count). The number of oxazole rings is 1. The van der Waals surface area contributed by atoms with Gasteiger partial charge >= 0.3 is 0 Å². The Morgan fingerprint density at radius 2 is 2.12 bits per heavy atom. The number of thiophene rings is 1. The molecule has 0 saturated heterocycles. The summed E-state index contributed by atoms with van der Waals surface area (Å²) in [7, 11) is 0. The van der Waals surface area contributed by atoms with Crippen LogP contribution in [0.25, 0.3) is 11.3 Å². The third-order valence-corrected chi connectivity index (χ3v) is 5.58. The van der Waals surface area contributed by atoms with Gasteiger partial charge in [0.15, 0.2) is 11.7 Å². The van der Waals surface area contributed by atoms with Crippen molar-refractivity contribution in [2.45, 2.75) is 32.2 Å². The van der Waals surface area contributed by atoms with Crippen molar-refractivity contribution in [2.24, 2.45) is 0 Å². The van der Waals surface area contributed by atoms with Gasteiger partial charge in [-0.1, -0.05) is 30.3 Å². The lowest BCUT2D eigenvalue weighted by molar-refractivity contribution is -0.132. The van der Waals surface area contributed by atoms with Crippen molar-refractivity contribution in [2.75, 3.05) is 6.54 Å². The summed E-state index contributed by atoms with van der Waals surface area (Å²) in [6, 6.07) is 12.1. The Morgan fingerprint density at radius 3 is 3.00 bits per heavy atom. The van der Waals surface area contributed by atoms with Gasteiger partial charge in [-0.25, -0.2) is 4.98 Å². The third kappa shape index (κ3) is 3.66. The molecule has 4 nitrogen and oxygen atoms in total. The van der Waals surface area contributed by atoms with E-state index in [4.69, 9.17) is 4.42 Å². The van der Waals surface area contributed by atoms with E-state index < -0.39 is 0 Å². The second-order valence-corrected chi connectivity index (χ2v) is 7.27. The number of aryl methyl sites for hydroxylation is 1. The Labute approximate surface area is 151 Å². The van der Waals surface area contributed by atoms with Crippen molar-refractivity contribution < 1.29 is 9.21 Å². The smallest absolute Gasteiger partial charge is 0.222 e. The highest BCUT2D eigenvalue weighted by molar-refractivity contribution is 7.10. The summed E-state index contributed by atoms with van der Waals surface area (Å²) in [6.07, 6.45) is 4.74. The number of carbonyl (C=O) groups excluding carboxylic acids is 1. The molecular weight excluding hydrogens is 332 g/mol. The minimum Gasteiger partial charge on any atom is -0.441 e. The highest BCUT2D eigenvalue weighted by atomic mass is 32.1. The van der Waals surface area contributed by atoms with Crippen LogP contribution >= 0.6 is 11.3 Å². The molecule has 3 heterocycles. The average molecular weight is 352 g/mol. The molecule has 2 aromatic heterocycles. The first-order chi connectivity index (χ1) is 12.3. The minimum atomic E-state index is 0.228. The summed E-state index contributed by atoms with van der Waals surface area (Å²) in [5.74, 6) is 1.71. The number of hydrogen-bond acceptors (Lipinski definition) is 4. The standard InChI is InChI=1S/C20H20N2O2S/c23-20(22-11-9-18-16(14-22)10-12-25-18)8-4-7-19-21-13-17(24-19)15-5-2-1-3-6-15/h1-3,5-6,10,12-13H,4,7-9,11,14H2. The first-order valence-corrected chi connectivity index (χ1v) is 9.51. The number of benzene rings is 1. The van der Waals surface area contributed by atoms with E-state index in [-0.39, 0.29) is 5.91 Å². The van der Waals surface area contributed by atoms with Gasteiger partial charge in [0.25, 0.3) is 0 Å². The Bertz CT molecular complexity index is 853. The van der Waals surface area contributed by atoms with Crippen LogP contribution in [0.1, 0.15) is 29.2 Å². The lowest BCUT2D eigenvalue weighted by Gasteiger charge is -2.27. The van der Waals surface area contributed by atoms with E-state index in [1.54, 1.807) is 17.5 Å². The molecule has 1 amide bonds. The second-order valence-electron chi connectivity index (χ2n) is 6.27. The predicted molar refractivity (Wildman–Crippen MR) is 98.3 cm³/mol. The number of carbonyl (C=O) groups is 1. The van der Waals surface area contributed by atoms with Crippen LogP contribution < -0.4 is 0 Å². The molecule has 0 aliphatic carbocycles. The summed E-state index contributed by atoms with van der Waals surface area (Å²) < 4.78 is 5.80. The summed E-state index contributed by atoms with van der Waals surface area (Å²) >= 11 is 1.80. The maximum atomic E-state index is 12.4. The van der Waals surface area contributed by atoms with Gasteiger partial charge in [0.1, 0.15) is 0 Å². The third-order valence-electron chi connectivity index (χ3n) is 4.55. The van der Waals surface area contributed by atoms with E-state index in [2.05, 4.69) is 16.4 Å². The van der Waals surface area contributed by atoms with Crippen molar-refractivity contribution in [1.29, 1.82) is 0 Å². The van der Waals surface area contributed by atoms with Gasteiger partial charge in [-0.15, -0.1) is 11.3 Å². The molecule has 0 atom stereocenters. The van der Waals surface area contributed by atoms with E-state index >= 15 is 0 Å². The molecule has 0 unspecified atom stereocenters. The SMILES string of the molecule is O=C(CCCc1ncc(-c2ccccc2)o1)N1CCc2sccc2C1. The lowest BCUT2D eigenvalue weighted by Crippen LogP contribution is -2.35. The fraction of sp³-hybridized carbons (Fsp3) is 0.300. The topological polar surface area (TPSA) is 46.3 Å². The van der Waals surface area contributed by atoms with Crippen LogP contribution in [0.3, 0.4) is 0 Å². The van der Waals surface area contributed by atoms with Gasteiger partial charge in [-0.05, 0) is 29.9 Å². The number of amides is 1. The minimum absolute atomic E-state index is 0.228. The molecule has 1 aliphatic rings. The maximum absolute atomic E-state index is 12.4. The predicted octanol–water partition coefficient (Wildman–Crippen LogP) is 4.31. The normalized spacial score (nSPS) is 13.7. The highest BCUT2D eigenvalue weighted by Gasteiger charge is 2.21. The van der Waals surface area contributed by atoms with Crippen LogP contribution in [-0.4, -0.2) is 22.3 Å². The Hall–Kier alpha value is -2.40. The molecule has 1 aromatic carbocycles. The lowest BCUT2D eigenvalue weighted by atomic mass is 10.1. The highest BCUT2D eigenvalue weighted by Crippen LogP contribution is 2.25. The van der Waals surface area contributed by atoms with Crippen LogP contribution in [0.5, 0.6) is 0 Å².